The average molecular weight is 159 g/mol. The van der Waals surface area contributed by atoms with Crippen LogP contribution in [0.4, 0.5) is 0 Å². The Bertz CT molecular complexity index is 113. The van der Waals surface area contributed by atoms with Crippen molar-refractivity contribution in [1.29, 1.82) is 0 Å². The summed E-state index contributed by atoms with van der Waals surface area (Å²) >= 11 is 0. The van der Waals surface area contributed by atoms with Crippen molar-refractivity contribution >= 4 is 0 Å². The van der Waals surface area contributed by atoms with Gasteiger partial charge in [0.05, 0.1) is 12.7 Å². The fraction of sp³-hybridized carbons (Fsp3) is 1.00. The first-order valence-corrected chi connectivity index (χ1v) is 4.27. The van der Waals surface area contributed by atoms with Gasteiger partial charge in [-0.25, -0.2) is 0 Å². The summed E-state index contributed by atoms with van der Waals surface area (Å²) in [6.07, 6.45) is 2.18. The van der Waals surface area contributed by atoms with Crippen LogP contribution in [0.25, 0.3) is 0 Å². The van der Waals surface area contributed by atoms with Gasteiger partial charge in [-0.15, -0.1) is 0 Å². The molecule has 1 fully saturated rings. The molecule has 2 N–H and O–H groups in total. The molecule has 11 heavy (non-hydrogen) atoms. The molecule has 1 unspecified atom stereocenters. The Morgan fingerprint density at radius 2 is 2.18 bits per heavy atom. The van der Waals surface area contributed by atoms with Crippen molar-refractivity contribution in [1.82, 2.24) is 4.90 Å². The lowest BCUT2D eigenvalue weighted by atomic mass is 10.3. The highest BCUT2D eigenvalue weighted by Crippen LogP contribution is 2.26. The molecular formula is C8H17NO2. The van der Waals surface area contributed by atoms with Crippen LogP contribution in [0.15, 0.2) is 0 Å². The fourth-order valence-electron chi connectivity index (χ4n) is 1.33. The van der Waals surface area contributed by atoms with Crippen LogP contribution in [-0.2, 0) is 0 Å². The number of hydrogen-bond acceptors (Lipinski definition) is 3. The Morgan fingerprint density at radius 3 is 2.55 bits per heavy atom. The summed E-state index contributed by atoms with van der Waals surface area (Å²) in [5.74, 6) is 0. The Hall–Kier alpha value is -0.120. The molecule has 0 bridgehead atoms. The summed E-state index contributed by atoms with van der Waals surface area (Å²) in [7, 11) is 0. The Morgan fingerprint density at radius 1 is 1.55 bits per heavy atom. The molecule has 0 radical (unpaired) electrons. The lowest BCUT2D eigenvalue weighted by Crippen LogP contribution is -2.35. The summed E-state index contributed by atoms with van der Waals surface area (Å²) in [4.78, 5) is 2.16. The lowest BCUT2D eigenvalue weighted by molar-refractivity contribution is 0.106. The molecule has 66 valence electrons. The molecule has 1 aliphatic rings. The first kappa shape index (κ1) is 8.97. The van der Waals surface area contributed by atoms with E-state index in [4.69, 9.17) is 10.2 Å². The maximum atomic E-state index is 9.10. The molecular weight excluding hydrogens is 142 g/mol. The van der Waals surface area contributed by atoms with E-state index in [0.29, 0.717) is 19.1 Å². The van der Waals surface area contributed by atoms with Gasteiger partial charge >= 0.3 is 0 Å². The number of aliphatic hydroxyl groups excluding tert-OH is 2. The van der Waals surface area contributed by atoms with Gasteiger partial charge < -0.3 is 10.2 Å². The summed E-state index contributed by atoms with van der Waals surface area (Å²) in [6, 6.07) is 0.636. The minimum atomic E-state index is -0.276. The van der Waals surface area contributed by atoms with E-state index in [1.165, 1.54) is 12.8 Å². The minimum Gasteiger partial charge on any atom is -0.395 e. The van der Waals surface area contributed by atoms with E-state index >= 15 is 0 Å². The molecule has 1 rings (SSSR count). The molecule has 0 aromatic carbocycles. The zero-order chi connectivity index (χ0) is 8.27. The minimum absolute atomic E-state index is 0.198. The van der Waals surface area contributed by atoms with E-state index in [9.17, 15) is 0 Å². The molecule has 0 spiro atoms. The number of nitrogens with zero attached hydrogens (tertiary/aromatic N) is 1. The van der Waals surface area contributed by atoms with Gasteiger partial charge in [0.1, 0.15) is 0 Å². The van der Waals surface area contributed by atoms with Crippen molar-refractivity contribution < 1.29 is 10.2 Å². The summed E-state index contributed by atoms with van der Waals surface area (Å²) in [5.41, 5.74) is 0. The standard InChI is InChI=1S/C8H17NO2/c1-7(11)6-9(4-5-10)8-2-3-8/h7-8,10-11H,2-6H2,1H3. The maximum absolute atomic E-state index is 9.10. The van der Waals surface area contributed by atoms with Crippen molar-refractivity contribution in [3.05, 3.63) is 0 Å². The predicted octanol–water partition coefficient (Wildman–Crippen LogP) is -0.176. The van der Waals surface area contributed by atoms with E-state index < -0.39 is 0 Å². The highest BCUT2D eigenvalue weighted by molar-refractivity contribution is 4.84. The van der Waals surface area contributed by atoms with Crippen LogP contribution in [-0.4, -0.2) is 47.0 Å². The topological polar surface area (TPSA) is 43.7 Å². The van der Waals surface area contributed by atoms with Crippen LogP contribution in [0.5, 0.6) is 0 Å². The van der Waals surface area contributed by atoms with E-state index in [1.54, 1.807) is 6.92 Å². The van der Waals surface area contributed by atoms with E-state index in [1.807, 2.05) is 0 Å². The molecule has 1 atom stereocenters. The highest BCUT2D eigenvalue weighted by atomic mass is 16.3. The SMILES string of the molecule is CC(O)CN(CCO)C1CC1. The van der Waals surface area contributed by atoms with Crippen molar-refractivity contribution in [3.63, 3.8) is 0 Å². The van der Waals surface area contributed by atoms with Gasteiger partial charge in [-0.3, -0.25) is 4.90 Å². The van der Waals surface area contributed by atoms with Gasteiger partial charge in [-0.2, -0.15) is 0 Å². The van der Waals surface area contributed by atoms with Crippen molar-refractivity contribution in [2.75, 3.05) is 19.7 Å². The molecule has 0 saturated heterocycles. The van der Waals surface area contributed by atoms with Gasteiger partial charge in [-0.05, 0) is 19.8 Å². The van der Waals surface area contributed by atoms with Gasteiger partial charge in [0, 0.05) is 19.1 Å². The normalized spacial score (nSPS) is 20.7. The van der Waals surface area contributed by atoms with E-state index in [-0.39, 0.29) is 12.7 Å². The zero-order valence-corrected chi connectivity index (χ0v) is 7.03. The molecule has 1 saturated carbocycles. The Kier molecular flexibility index (Phi) is 3.30. The first-order chi connectivity index (χ1) is 5.24. The monoisotopic (exact) mass is 159 g/mol. The maximum Gasteiger partial charge on any atom is 0.0639 e. The number of hydrogen-bond donors (Lipinski definition) is 2. The second-order valence-corrected chi connectivity index (χ2v) is 3.30. The second-order valence-electron chi connectivity index (χ2n) is 3.30. The number of aliphatic hydroxyl groups is 2. The van der Waals surface area contributed by atoms with E-state index in [2.05, 4.69) is 4.90 Å². The van der Waals surface area contributed by atoms with Gasteiger partial charge in [0.25, 0.3) is 0 Å². The molecule has 0 aliphatic heterocycles. The second kappa shape index (κ2) is 4.04. The van der Waals surface area contributed by atoms with E-state index in [0.717, 1.165) is 0 Å². The molecule has 0 heterocycles. The van der Waals surface area contributed by atoms with Crippen LogP contribution < -0.4 is 0 Å². The fourth-order valence-corrected chi connectivity index (χ4v) is 1.33. The molecule has 0 aromatic heterocycles. The van der Waals surface area contributed by atoms with Crippen LogP contribution in [0.1, 0.15) is 19.8 Å². The van der Waals surface area contributed by atoms with Crippen molar-refractivity contribution in [3.8, 4) is 0 Å². The Balaban J connectivity index is 2.20. The molecule has 3 heteroatoms. The highest BCUT2D eigenvalue weighted by Gasteiger charge is 2.28. The Labute approximate surface area is 67.6 Å². The zero-order valence-electron chi connectivity index (χ0n) is 7.03. The lowest BCUT2D eigenvalue weighted by Gasteiger charge is -2.21. The predicted molar refractivity (Wildman–Crippen MR) is 43.4 cm³/mol. The molecule has 3 nitrogen and oxygen atoms in total. The van der Waals surface area contributed by atoms with Crippen molar-refractivity contribution in [2.24, 2.45) is 0 Å². The average Bonchev–Trinajstić information content (AvgIpc) is 2.66. The smallest absolute Gasteiger partial charge is 0.0639 e. The number of rotatable bonds is 5. The van der Waals surface area contributed by atoms with Gasteiger partial charge in [-0.1, -0.05) is 0 Å². The molecule has 0 aromatic rings. The molecule has 1 aliphatic carbocycles. The summed E-state index contributed by atoms with van der Waals surface area (Å²) in [5, 5.41) is 17.8. The largest absolute Gasteiger partial charge is 0.395 e. The van der Waals surface area contributed by atoms with Crippen molar-refractivity contribution in [2.45, 2.75) is 31.9 Å². The third-order valence-electron chi connectivity index (χ3n) is 1.95. The van der Waals surface area contributed by atoms with Crippen LogP contribution in [0, 0.1) is 0 Å². The van der Waals surface area contributed by atoms with Crippen LogP contribution >= 0.6 is 0 Å². The molecule has 0 amide bonds. The van der Waals surface area contributed by atoms with Crippen LogP contribution in [0.3, 0.4) is 0 Å². The third kappa shape index (κ3) is 3.18. The third-order valence-corrected chi connectivity index (χ3v) is 1.95. The van der Waals surface area contributed by atoms with Gasteiger partial charge in [0.15, 0.2) is 0 Å². The first-order valence-electron chi connectivity index (χ1n) is 4.27. The van der Waals surface area contributed by atoms with Crippen LogP contribution in [0.2, 0.25) is 0 Å². The summed E-state index contributed by atoms with van der Waals surface area (Å²) < 4.78 is 0. The quantitative estimate of drug-likeness (QED) is 0.585. The summed E-state index contributed by atoms with van der Waals surface area (Å²) in [6.45, 7) is 3.39. The van der Waals surface area contributed by atoms with Gasteiger partial charge in [0.2, 0.25) is 0 Å².